The average molecular weight is 249 g/mol. The molecule has 1 aromatic heterocycles. The molecule has 0 aliphatic heterocycles. The van der Waals surface area contributed by atoms with Crippen LogP contribution >= 0.6 is 0 Å². The third-order valence-corrected chi connectivity index (χ3v) is 3.34. The summed E-state index contributed by atoms with van der Waals surface area (Å²) in [6.07, 6.45) is 8.81. The molecule has 4 heteroatoms. The van der Waals surface area contributed by atoms with E-state index in [-0.39, 0.29) is 6.04 Å². The van der Waals surface area contributed by atoms with Crippen LogP contribution in [0.2, 0.25) is 0 Å². The van der Waals surface area contributed by atoms with E-state index in [1.54, 1.807) is 6.20 Å². The third-order valence-electron chi connectivity index (χ3n) is 3.34. The Hall–Kier alpha value is -1.13. The van der Waals surface area contributed by atoms with Gasteiger partial charge in [-0.3, -0.25) is 4.98 Å². The fourth-order valence-corrected chi connectivity index (χ4v) is 2.32. The maximum atomic E-state index is 6.03. The van der Waals surface area contributed by atoms with Crippen molar-refractivity contribution in [1.29, 1.82) is 0 Å². The van der Waals surface area contributed by atoms with Crippen LogP contribution < -0.4 is 15.8 Å². The first-order valence-corrected chi connectivity index (χ1v) is 6.77. The molecule has 1 aliphatic rings. The number of rotatable bonds is 6. The summed E-state index contributed by atoms with van der Waals surface area (Å²) in [5.41, 5.74) is 7.13. The van der Waals surface area contributed by atoms with Crippen LogP contribution in [0.1, 0.15) is 31.2 Å². The van der Waals surface area contributed by atoms with E-state index in [0.717, 1.165) is 17.9 Å². The maximum absolute atomic E-state index is 6.03. The predicted octanol–water partition coefficient (Wildman–Crippen LogP) is 1.63. The van der Waals surface area contributed by atoms with Crippen LogP contribution in [0, 0.1) is 6.92 Å². The van der Waals surface area contributed by atoms with Gasteiger partial charge < -0.3 is 15.8 Å². The quantitative estimate of drug-likeness (QED) is 0.804. The zero-order valence-electron chi connectivity index (χ0n) is 11.1. The van der Waals surface area contributed by atoms with Crippen LogP contribution in [0.3, 0.4) is 0 Å². The van der Waals surface area contributed by atoms with Gasteiger partial charge in [-0.15, -0.1) is 0 Å². The molecule has 0 bridgehead atoms. The summed E-state index contributed by atoms with van der Waals surface area (Å²) in [5.74, 6) is 0.798. The molecule has 0 spiro atoms. The Balaban J connectivity index is 1.66. The van der Waals surface area contributed by atoms with Crippen molar-refractivity contribution in [2.24, 2.45) is 5.73 Å². The molecule has 18 heavy (non-hydrogen) atoms. The van der Waals surface area contributed by atoms with E-state index in [1.807, 2.05) is 19.2 Å². The van der Waals surface area contributed by atoms with Gasteiger partial charge in [-0.05, 0) is 31.4 Å². The van der Waals surface area contributed by atoms with Crippen LogP contribution in [0.25, 0.3) is 0 Å². The Labute approximate surface area is 109 Å². The molecule has 100 valence electrons. The molecule has 3 N–H and O–H groups in total. The lowest BCUT2D eigenvalue weighted by molar-refractivity contribution is 0.279. The molecule has 0 amide bonds. The first-order chi connectivity index (χ1) is 8.74. The first kappa shape index (κ1) is 13.3. The second-order valence-corrected chi connectivity index (χ2v) is 5.16. The first-order valence-electron chi connectivity index (χ1n) is 6.77. The molecule has 1 saturated carbocycles. The lowest BCUT2D eigenvalue weighted by Gasteiger charge is -2.17. The lowest BCUT2D eigenvalue weighted by atomic mass is 10.2. The number of aromatic nitrogens is 1. The molecule has 1 atom stereocenters. The minimum absolute atomic E-state index is 0.0334. The van der Waals surface area contributed by atoms with Crippen molar-refractivity contribution >= 4 is 0 Å². The van der Waals surface area contributed by atoms with Crippen LogP contribution in [0.5, 0.6) is 5.75 Å². The van der Waals surface area contributed by atoms with Crippen LogP contribution in [-0.2, 0) is 0 Å². The average Bonchev–Trinajstić information content (AvgIpc) is 2.87. The van der Waals surface area contributed by atoms with Gasteiger partial charge in [0.15, 0.2) is 0 Å². The van der Waals surface area contributed by atoms with Crippen molar-refractivity contribution in [1.82, 2.24) is 10.3 Å². The SMILES string of the molecule is Cc1cncc(OCC(N)CNC2CCCC2)c1. The molecule has 1 aliphatic carbocycles. The van der Waals surface area contributed by atoms with Gasteiger partial charge in [0.2, 0.25) is 0 Å². The summed E-state index contributed by atoms with van der Waals surface area (Å²) in [7, 11) is 0. The van der Waals surface area contributed by atoms with Crippen LogP contribution in [0.15, 0.2) is 18.5 Å². The highest BCUT2D eigenvalue weighted by molar-refractivity contribution is 5.22. The summed E-state index contributed by atoms with van der Waals surface area (Å²) < 4.78 is 5.64. The standard InChI is InChI=1S/C14H23N3O/c1-11-6-14(9-16-7-11)18-10-12(15)8-17-13-4-2-3-5-13/h6-7,9,12-13,17H,2-5,8,10,15H2,1H3. The van der Waals surface area contributed by atoms with E-state index < -0.39 is 0 Å². The van der Waals surface area contributed by atoms with Gasteiger partial charge in [-0.25, -0.2) is 0 Å². The molecule has 1 aromatic rings. The van der Waals surface area contributed by atoms with Gasteiger partial charge in [0.05, 0.1) is 12.2 Å². The van der Waals surface area contributed by atoms with E-state index >= 15 is 0 Å². The monoisotopic (exact) mass is 249 g/mol. The van der Waals surface area contributed by atoms with Crippen molar-refractivity contribution in [2.45, 2.75) is 44.7 Å². The Bertz CT molecular complexity index is 364. The number of nitrogens with one attached hydrogen (secondary N) is 1. The minimum atomic E-state index is 0.0334. The number of ether oxygens (including phenoxy) is 1. The molecule has 2 rings (SSSR count). The predicted molar refractivity (Wildman–Crippen MR) is 72.7 cm³/mol. The third kappa shape index (κ3) is 4.27. The Morgan fingerprint density at radius 3 is 2.94 bits per heavy atom. The van der Waals surface area contributed by atoms with Crippen molar-refractivity contribution < 1.29 is 4.74 Å². The lowest BCUT2D eigenvalue weighted by Crippen LogP contribution is -2.41. The molecular formula is C14H23N3O. The number of nitrogens with zero attached hydrogens (tertiary/aromatic N) is 1. The van der Waals surface area contributed by atoms with Gasteiger partial charge in [-0.2, -0.15) is 0 Å². The molecule has 1 heterocycles. The van der Waals surface area contributed by atoms with Gasteiger partial charge in [0.1, 0.15) is 12.4 Å². The largest absolute Gasteiger partial charge is 0.490 e. The Morgan fingerprint density at radius 2 is 2.22 bits per heavy atom. The fraction of sp³-hybridized carbons (Fsp3) is 0.643. The molecule has 0 saturated heterocycles. The maximum Gasteiger partial charge on any atom is 0.137 e. The topological polar surface area (TPSA) is 60.2 Å². The minimum Gasteiger partial charge on any atom is -0.490 e. The zero-order valence-corrected chi connectivity index (χ0v) is 11.1. The summed E-state index contributed by atoms with van der Waals surface area (Å²) >= 11 is 0. The van der Waals surface area contributed by atoms with Crippen LogP contribution in [-0.4, -0.2) is 30.2 Å². The van der Waals surface area contributed by atoms with E-state index in [9.17, 15) is 0 Å². The number of pyridine rings is 1. The number of aryl methyl sites for hydroxylation is 1. The summed E-state index contributed by atoms with van der Waals surface area (Å²) in [6.45, 7) is 3.36. The summed E-state index contributed by atoms with van der Waals surface area (Å²) in [5, 5.41) is 3.51. The number of hydrogen-bond acceptors (Lipinski definition) is 4. The molecule has 0 aromatic carbocycles. The molecule has 1 fully saturated rings. The second-order valence-electron chi connectivity index (χ2n) is 5.16. The van der Waals surface area contributed by atoms with Crippen molar-refractivity contribution in [2.75, 3.05) is 13.2 Å². The summed E-state index contributed by atoms with van der Waals surface area (Å²) in [4.78, 5) is 4.09. The molecule has 4 nitrogen and oxygen atoms in total. The molecule has 1 unspecified atom stereocenters. The zero-order chi connectivity index (χ0) is 12.8. The van der Waals surface area contributed by atoms with Crippen molar-refractivity contribution in [3.63, 3.8) is 0 Å². The number of nitrogens with two attached hydrogens (primary N) is 1. The van der Waals surface area contributed by atoms with E-state index in [2.05, 4.69) is 10.3 Å². The Morgan fingerprint density at radius 1 is 1.44 bits per heavy atom. The van der Waals surface area contributed by atoms with Gasteiger partial charge in [0.25, 0.3) is 0 Å². The second kappa shape index (κ2) is 6.71. The van der Waals surface area contributed by atoms with Gasteiger partial charge in [-0.1, -0.05) is 12.8 Å². The fourth-order valence-electron chi connectivity index (χ4n) is 2.32. The van der Waals surface area contributed by atoms with E-state index in [1.165, 1.54) is 25.7 Å². The van der Waals surface area contributed by atoms with Crippen molar-refractivity contribution in [3.05, 3.63) is 24.0 Å². The Kier molecular flexibility index (Phi) is 4.96. The highest BCUT2D eigenvalue weighted by Crippen LogP contribution is 2.17. The molecule has 0 radical (unpaired) electrons. The van der Waals surface area contributed by atoms with Gasteiger partial charge in [0, 0.05) is 18.8 Å². The normalized spacial score (nSPS) is 17.9. The smallest absolute Gasteiger partial charge is 0.137 e. The molecular weight excluding hydrogens is 226 g/mol. The summed E-state index contributed by atoms with van der Waals surface area (Å²) in [6, 6.07) is 2.67. The van der Waals surface area contributed by atoms with Gasteiger partial charge >= 0.3 is 0 Å². The van der Waals surface area contributed by atoms with E-state index in [0.29, 0.717) is 12.6 Å². The van der Waals surface area contributed by atoms with Crippen LogP contribution in [0.4, 0.5) is 0 Å². The van der Waals surface area contributed by atoms with Crippen molar-refractivity contribution in [3.8, 4) is 5.75 Å². The van der Waals surface area contributed by atoms with E-state index in [4.69, 9.17) is 10.5 Å². The highest BCUT2D eigenvalue weighted by atomic mass is 16.5. The highest BCUT2D eigenvalue weighted by Gasteiger charge is 2.15. The number of hydrogen-bond donors (Lipinski definition) is 2.